The van der Waals surface area contributed by atoms with Gasteiger partial charge >= 0.3 is 0 Å². The van der Waals surface area contributed by atoms with E-state index in [0.717, 1.165) is 18.2 Å². The van der Waals surface area contributed by atoms with Crippen molar-refractivity contribution in [2.75, 3.05) is 32.8 Å². The maximum atomic E-state index is 14.4. The third-order valence-corrected chi connectivity index (χ3v) is 6.47. The first-order valence-corrected chi connectivity index (χ1v) is 11.3. The molecule has 4 unspecified atom stereocenters. The number of aliphatic hydroxyl groups is 1. The Bertz CT molecular complexity index is 964. The van der Waals surface area contributed by atoms with Gasteiger partial charge < -0.3 is 25.0 Å². The molecule has 3 heterocycles. The average Bonchev–Trinajstić information content (AvgIpc) is 3.44. The number of amides is 1. The summed E-state index contributed by atoms with van der Waals surface area (Å²) in [6, 6.07) is 2.55. The maximum absolute atomic E-state index is 14.4. The molecule has 2 aliphatic heterocycles. The predicted molar refractivity (Wildman–Crippen MR) is 115 cm³/mol. The molecule has 0 saturated carbocycles. The second kappa shape index (κ2) is 10.2. The van der Waals surface area contributed by atoms with E-state index in [4.69, 9.17) is 4.74 Å². The van der Waals surface area contributed by atoms with Crippen LogP contribution in [0, 0.1) is 23.5 Å². The number of ether oxygens (including phenoxy) is 1. The number of imidazole rings is 1. The minimum absolute atomic E-state index is 0.0247. The third-order valence-electron chi connectivity index (χ3n) is 6.47. The number of halogens is 3. The molecule has 1 amide bonds. The smallest absolute Gasteiger partial charge is 0.251 e. The molecule has 0 radical (unpaired) electrons. The van der Waals surface area contributed by atoms with Gasteiger partial charge in [0.05, 0.1) is 17.9 Å². The van der Waals surface area contributed by atoms with E-state index in [1.165, 1.54) is 18.0 Å². The Morgan fingerprint density at radius 2 is 2.06 bits per heavy atom. The number of nitrogens with one attached hydrogen (secondary N) is 2. The molecule has 3 N–H and O–H groups in total. The molecule has 180 valence electrons. The first-order valence-electron chi connectivity index (χ1n) is 11.3. The largest absolute Gasteiger partial charge is 0.384 e. The van der Waals surface area contributed by atoms with Crippen LogP contribution in [0.1, 0.15) is 31.6 Å². The minimum atomic E-state index is -1.28. The lowest BCUT2D eigenvalue weighted by molar-refractivity contribution is -0.145. The molecule has 4 rings (SSSR count). The van der Waals surface area contributed by atoms with Crippen molar-refractivity contribution in [3.05, 3.63) is 41.9 Å². The molecule has 2 fully saturated rings. The van der Waals surface area contributed by atoms with Crippen LogP contribution in [-0.2, 0) is 9.53 Å². The number of H-pyrrole nitrogens is 1. The Hall–Kier alpha value is -2.43. The summed E-state index contributed by atoms with van der Waals surface area (Å²) in [6.07, 6.45) is 0.286. The highest BCUT2D eigenvalue weighted by Crippen LogP contribution is 2.36. The predicted octanol–water partition coefficient (Wildman–Crippen LogP) is 2.59. The van der Waals surface area contributed by atoms with Crippen molar-refractivity contribution in [2.24, 2.45) is 11.8 Å². The van der Waals surface area contributed by atoms with Gasteiger partial charge in [-0.1, -0.05) is 0 Å². The number of rotatable bonds is 7. The first kappa shape index (κ1) is 23.7. The molecule has 2 aromatic rings. The number of aromatic amines is 1. The molecule has 1 aromatic carbocycles. The number of aliphatic hydroxyl groups excluding tert-OH is 1. The zero-order valence-electron chi connectivity index (χ0n) is 18.4. The molecular weight excluding hydrogens is 437 g/mol. The third kappa shape index (κ3) is 5.23. The number of hydrogen-bond acceptors (Lipinski definition) is 5. The number of carbonyl (C=O) groups is 1. The van der Waals surface area contributed by atoms with E-state index in [-0.39, 0.29) is 30.3 Å². The highest BCUT2D eigenvalue weighted by molar-refractivity contribution is 5.80. The van der Waals surface area contributed by atoms with Gasteiger partial charge in [0.15, 0.2) is 0 Å². The van der Waals surface area contributed by atoms with E-state index in [0.29, 0.717) is 38.4 Å². The van der Waals surface area contributed by atoms with Gasteiger partial charge in [-0.05, 0) is 43.9 Å². The molecule has 4 atom stereocenters. The minimum Gasteiger partial charge on any atom is -0.384 e. The highest BCUT2D eigenvalue weighted by atomic mass is 19.1. The van der Waals surface area contributed by atoms with E-state index < -0.39 is 41.8 Å². The van der Waals surface area contributed by atoms with Crippen LogP contribution in [-0.4, -0.2) is 71.0 Å². The van der Waals surface area contributed by atoms with Gasteiger partial charge in [0.1, 0.15) is 29.7 Å². The topological polar surface area (TPSA) is 90.5 Å². The zero-order chi connectivity index (χ0) is 23.5. The molecular formula is C23H29F3N4O3. The van der Waals surface area contributed by atoms with Gasteiger partial charge in [-0.2, -0.15) is 0 Å². The Labute approximate surface area is 190 Å². The van der Waals surface area contributed by atoms with E-state index >= 15 is 0 Å². The van der Waals surface area contributed by atoms with Crippen molar-refractivity contribution in [3.8, 4) is 11.3 Å². The van der Waals surface area contributed by atoms with Gasteiger partial charge in [-0.3, -0.25) is 4.79 Å². The number of alkyl halides is 1. The van der Waals surface area contributed by atoms with Crippen LogP contribution in [0.15, 0.2) is 24.4 Å². The summed E-state index contributed by atoms with van der Waals surface area (Å²) >= 11 is 0. The van der Waals surface area contributed by atoms with E-state index in [2.05, 4.69) is 15.3 Å². The standard InChI is InChI=1S/C23H29F3N4O3/c1-13(31)23(32)30(12-15-9-27-10-19(15)26)21(14-4-6-33-7-5-14)22-28-11-20(29-22)17-8-16(24)2-3-18(17)25/h2-3,8,11,13-15,19,21,27,31H,4-7,9-10,12H2,1H3,(H,28,29). The summed E-state index contributed by atoms with van der Waals surface area (Å²) in [5, 5.41) is 13.1. The number of benzene rings is 1. The Morgan fingerprint density at radius 1 is 1.30 bits per heavy atom. The Balaban J connectivity index is 1.72. The highest BCUT2D eigenvalue weighted by Gasteiger charge is 2.40. The molecule has 0 bridgehead atoms. The van der Waals surface area contributed by atoms with Crippen LogP contribution in [0.2, 0.25) is 0 Å². The number of nitrogens with zero attached hydrogens (tertiary/aromatic N) is 2. The van der Waals surface area contributed by atoms with Gasteiger partial charge in [-0.25, -0.2) is 18.2 Å². The summed E-state index contributed by atoms with van der Waals surface area (Å²) < 4.78 is 48.0. The molecule has 7 nitrogen and oxygen atoms in total. The Morgan fingerprint density at radius 3 is 2.73 bits per heavy atom. The molecule has 0 spiro atoms. The van der Waals surface area contributed by atoms with Crippen molar-refractivity contribution in [2.45, 2.75) is 38.1 Å². The maximum Gasteiger partial charge on any atom is 0.251 e. The summed E-state index contributed by atoms with van der Waals surface area (Å²) in [5.41, 5.74) is 0.297. The number of carbonyl (C=O) groups excluding carboxylic acids is 1. The van der Waals surface area contributed by atoms with E-state index in [1.54, 1.807) is 0 Å². The lowest BCUT2D eigenvalue weighted by atomic mass is 9.88. The van der Waals surface area contributed by atoms with Gasteiger partial charge in [0.2, 0.25) is 0 Å². The molecule has 1 aromatic heterocycles. The van der Waals surface area contributed by atoms with Crippen molar-refractivity contribution < 1.29 is 27.8 Å². The second-order valence-corrected chi connectivity index (χ2v) is 8.80. The van der Waals surface area contributed by atoms with Gasteiger partial charge in [0.25, 0.3) is 5.91 Å². The van der Waals surface area contributed by atoms with Crippen LogP contribution >= 0.6 is 0 Å². The summed E-state index contributed by atoms with van der Waals surface area (Å²) in [7, 11) is 0. The van der Waals surface area contributed by atoms with Crippen LogP contribution < -0.4 is 5.32 Å². The molecule has 0 aliphatic carbocycles. The SMILES string of the molecule is CC(O)C(=O)N(CC1CNCC1F)C(c1ncc(-c2cc(F)ccc2F)[nH]1)C1CCOCC1. The number of aromatic nitrogens is 2. The fraction of sp³-hybridized carbons (Fsp3) is 0.565. The second-order valence-electron chi connectivity index (χ2n) is 8.80. The lowest BCUT2D eigenvalue weighted by Gasteiger charge is -2.39. The Kier molecular flexibility index (Phi) is 7.35. The van der Waals surface area contributed by atoms with Crippen molar-refractivity contribution >= 4 is 5.91 Å². The first-order chi connectivity index (χ1) is 15.8. The monoisotopic (exact) mass is 466 g/mol. The fourth-order valence-corrected chi connectivity index (χ4v) is 4.70. The fourth-order valence-electron chi connectivity index (χ4n) is 4.70. The zero-order valence-corrected chi connectivity index (χ0v) is 18.4. The summed E-state index contributed by atoms with van der Waals surface area (Å²) in [5.74, 6) is -1.83. The van der Waals surface area contributed by atoms with Crippen LogP contribution in [0.5, 0.6) is 0 Å². The van der Waals surface area contributed by atoms with Gasteiger partial charge in [-0.15, -0.1) is 0 Å². The summed E-state index contributed by atoms with van der Waals surface area (Å²) in [6.45, 7) is 3.12. The van der Waals surface area contributed by atoms with Crippen LogP contribution in [0.3, 0.4) is 0 Å². The van der Waals surface area contributed by atoms with Crippen molar-refractivity contribution in [3.63, 3.8) is 0 Å². The van der Waals surface area contributed by atoms with Crippen LogP contribution in [0.25, 0.3) is 11.3 Å². The van der Waals surface area contributed by atoms with Crippen molar-refractivity contribution in [1.82, 2.24) is 20.2 Å². The van der Waals surface area contributed by atoms with E-state index in [9.17, 15) is 23.1 Å². The quantitative estimate of drug-likeness (QED) is 0.584. The molecule has 33 heavy (non-hydrogen) atoms. The molecule has 10 heteroatoms. The lowest BCUT2D eigenvalue weighted by Crippen LogP contribution is -2.48. The average molecular weight is 467 g/mol. The molecule has 2 aliphatic rings. The van der Waals surface area contributed by atoms with E-state index in [1.807, 2.05) is 0 Å². The van der Waals surface area contributed by atoms with Crippen molar-refractivity contribution in [1.29, 1.82) is 0 Å². The van der Waals surface area contributed by atoms with Crippen LogP contribution in [0.4, 0.5) is 13.2 Å². The normalized spacial score (nSPS) is 23.4. The summed E-state index contributed by atoms with van der Waals surface area (Å²) in [4.78, 5) is 22.1. The van der Waals surface area contributed by atoms with Gasteiger partial charge in [0, 0.05) is 44.3 Å². The molecule has 2 saturated heterocycles. The number of hydrogen-bond donors (Lipinski definition) is 3.